The average molecular weight is 399 g/mol. The lowest BCUT2D eigenvalue weighted by Crippen LogP contribution is -2.26. The third kappa shape index (κ3) is 2.84. The lowest BCUT2D eigenvalue weighted by atomic mass is 9.91. The van der Waals surface area contributed by atoms with Crippen LogP contribution in [0.25, 0.3) is 11.1 Å². The fourth-order valence-electron chi connectivity index (χ4n) is 4.44. The summed E-state index contributed by atoms with van der Waals surface area (Å²) < 4.78 is 28.1. The number of benzene rings is 2. The zero-order chi connectivity index (χ0) is 20.7. The van der Waals surface area contributed by atoms with Gasteiger partial charge in [0.25, 0.3) is 0 Å². The van der Waals surface area contributed by atoms with Crippen LogP contribution in [0.15, 0.2) is 18.2 Å². The van der Waals surface area contributed by atoms with E-state index < -0.39 is 0 Å². The van der Waals surface area contributed by atoms with Crippen LogP contribution < -0.4 is 23.7 Å². The summed E-state index contributed by atoms with van der Waals surface area (Å²) in [4.78, 5) is 14.6. The lowest BCUT2D eigenvalue weighted by molar-refractivity contribution is -0.129. The minimum Gasteiger partial charge on any atom is -0.493 e. The molecule has 7 heteroatoms. The van der Waals surface area contributed by atoms with Crippen LogP contribution in [0.2, 0.25) is 0 Å². The van der Waals surface area contributed by atoms with E-state index in [1.165, 1.54) is 0 Å². The number of ether oxygens (including phenoxy) is 5. The Bertz CT molecular complexity index is 971. The van der Waals surface area contributed by atoms with Crippen molar-refractivity contribution in [2.24, 2.45) is 0 Å². The molecule has 0 saturated carbocycles. The fourth-order valence-corrected chi connectivity index (χ4v) is 4.44. The molecule has 29 heavy (non-hydrogen) atoms. The predicted octanol–water partition coefficient (Wildman–Crippen LogP) is 3.57. The van der Waals surface area contributed by atoms with Gasteiger partial charge in [-0.3, -0.25) is 4.79 Å². The van der Waals surface area contributed by atoms with Gasteiger partial charge in [-0.2, -0.15) is 0 Å². The first-order chi connectivity index (χ1) is 14.1. The molecule has 4 rings (SSSR count). The van der Waals surface area contributed by atoms with E-state index in [9.17, 15) is 4.79 Å². The number of hydrogen-bond donors (Lipinski definition) is 0. The van der Waals surface area contributed by atoms with Crippen LogP contribution in [-0.4, -0.2) is 46.4 Å². The first kappa shape index (κ1) is 19.2. The standard InChI is InChI=1S/C22H25NO6/c1-25-16-8-12-11-23-15(6-7-19(23)24)14-10-18(27-3)21(28-4)22(29-5)20(14)13(12)9-17(16)26-2/h8-10,15H,6-7,11H2,1-5H3/t15-/m0/s1. The molecule has 0 radical (unpaired) electrons. The summed E-state index contributed by atoms with van der Waals surface area (Å²) in [7, 11) is 8.01. The van der Waals surface area contributed by atoms with Gasteiger partial charge in [0.1, 0.15) is 0 Å². The Labute approximate surface area is 170 Å². The van der Waals surface area contributed by atoms with Crippen molar-refractivity contribution in [3.8, 4) is 39.9 Å². The highest BCUT2D eigenvalue weighted by atomic mass is 16.5. The van der Waals surface area contributed by atoms with Crippen molar-refractivity contribution in [3.05, 3.63) is 29.3 Å². The SMILES string of the molecule is COc1cc2c(cc1OC)-c1c(cc(OC)c(OC)c1OC)[C@@H]1CCC(=O)N1C2. The Morgan fingerprint density at radius 3 is 2.10 bits per heavy atom. The molecule has 2 heterocycles. The maximum absolute atomic E-state index is 12.7. The molecule has 0 bridgehead atoms. The molecular formula is C22H25NO6. The van der Waals surface area contributed by atoms with E-state index in [4.69, 9.17) is 23.7 Å². The third-order valence-corrected chi connectivity index (χ3v) is 5.77. The van der Waals surface area contributed by atoms with E-state index in [1.54, 1.807) is 35.5 Å². The minimum absolute atomic E-state index is 0.0596. The molecule has 2 aliphatic heterocycles. The van der Waals surface area contributed by atoms with Crippen molar-refractivity contribution in [3.63, 3.8) is 0 Å². The highest BCUT2D eigenvalue weighted by molar-refractivity contribution is 5.87. The molecule has 2 aromatic carbocycles. The summed E-state index contributed by atoms with van der Waals surface area (Å²) in [6.45, 7) is 0.488. The van der Waals surface area contributed by atoms with Gasteiger partial charge in [0.15, 0.2) is 23.0 Å². The van der Waals surface area contributed by atoms with Gasteiger partial charge in [-0.15, -0.1) is 0 Å². The highest BCUT2D eigenvalue weighted by Crippen LogP contribution is 2.54. The van der Waals surface area contributed by atoms with Crippen LogP contribution in [0, 0.1) is 0 Å². The Morgan fingerprint density at radius 2 is 1.48 bits per heavy atom. The smallest absolute Gasteiger partial charge is 0.223 e. The zero-order valence-electron chi connectivity index (χ0n) is 17.3. The molecule has 0 N–H and O–H groups in total. The van der Waals surface area contributed by atoms with Gasteiger partial charge >= 0.3 is 0 Å². The molecule has 2 aromatic rings. The summed E-state index contributed by atoms with van der Waals surface area (Å²) in [5.74, 6) is 3.05. The molecule has 0 aromatic heterocycles. The molecule has 0 aliphatic carbocycles. The van der Waals surface area contributed by atoms with E-state index in [0.717, 1.165) is 28.7 Å². The summed E-state index contributed by atoms with van der Waals surface area (Å²) in [6.07, 6.45) is 1.26. The van der Waals surface area contributed by atoms with E-state index in [-0.39, 0.29) is 11.9 Å². The van der Waals surface area contributed by atoms with Gasteiger partial charge in [-0.1, -0.05) is 0 Å². The monoisotopic (exact) mass is 399 g/mol. The fraction of sp³-hybridized carbons (Fsp3) is 0.409. The third-order valence-electron chi connectivity index (χ3n) is 5.77. The summed E-state index contributed by atoms with van der Waals surface area (Å²) in [6, 6.07) is 5.77. The van der Waals surface area contributed by atoms with Crippen molar-refractivity contribution in [1.82, 2.24) is 4.90 Å². The first-order valence-corrected chi connectivity index (χ1v) is 9.45. The van der Waals surface area contributed by atoms with Crippen LogP contribution in [0.5, 0.6) is 28.7 Å². The number of nitrogens with zero attached hydrogens (tertiary/aromatic N) is 1. The van der Waals surface area contributed by atoms with Crippen molar-refractivity contribution in [2.75, 3.05) is 35.5 Å². The van der Waals surface area contributed by atoms with Gasteiger partial charge in [0.2, 0.25) is 11.7 Å². The van der Waals surface area contributed by atoms with E-state index in [1.807, 2.05) is 23.1 Å². The average Bonchev–Trinajstić information content (AvgIpc) is 3.04. The molecule has 154 valence electrons. The van der Waals surface area contributed by atoms with E-state index in [0.29, 0.717) is 41.7 Å². The van der Waals surface area contributed by atoms with Crippen LogP contribution in [0.3, 0.4) is 0 Å². The predicted molar refractivity (Wildman–Crippen MR) is 107 cm³/mol. The molecule has 1 amide bonds. The van der Waals surface area contributed by atoms with Gasteiger partial charge in [0, 0.05) is 18.5 Å². The van der Waals surface area contributed by atoms with Gasteiger partial charge in [0.05, 0.1) is 41.6 Å². The normalized spacial score (nSPS) is 17.1. The van der Waals surface area contributed by atoms with Gasteiger partial charge in [-0.05, 0) is 41.3 Å². The van der Waals surface area contributed by atoms with Crippen LogP contribution in [-0.2, 0) is 11.3 Å². The Balaban J connectivity index is 2.10. The maximum atomic E-state index is 12.7. The molecule has 1 fully saturated rings. The quantitative estimate of drug-likeness (QED) is 0.766. The molecule has 1 atom stereocenters. The number of hydrogen-bond acceptors (Lipinski definition) is 6. The van der Waals surface area contributed by atoms with Crippen molar-refractivity contribution in [1.29, 1.82) is 0 Å². The molecular weight excluding hydrogens is 374 g/mol. The number of fused-ring (bicyclic) bond motifs is 5. The Hall–Kier alpha value is -3.09. The molecule has 0 spiro atoms. The van der Waals surface area contributed by atoms with Crippen LogP contribution in [0.4, 0.5) is 0 Å². The minimum atomic E-state index is -0.0596. The van der Waals surface area contributed by atoms with Gasteiger partial charge in [-0.25, -0.2) is 0 Å². The maximum Gasteiger partial charge on any atom is 0.223 e. The van der Waals surface area contributed by atoms with E-state index in [2.05, 4.69) is 0 Å². The molecule has 7 nitrogen and oxygen atoms in total. The van der Waals surface area contributed by atoms with E-state index >= 15 is 0 Å². The topological polar surface area (TPSA) is 66.5 Å². The summed E-state index contributed by atoms with van der Waals surface area (Å²) in [5.41, 5.74) is 3.77. The van der Waals surface area contributed by atoms with Gasteiger partial charge < -0.3 is 28.6 Å². The number of carbonyl (C=O) groups is 1. The second kappa shape index (κ2) is 7.39. The largest absolute Gasteiger partial charge is 0.493 e. The molecule has 2 aliphatic rings. The van der Waals surface area contributed by atoms with Crippen molar-refractivity contribution >= 4 is 5.91 Å². The van der Waals surface area contributed by atoms with Crippen molar-refractivity contribution in [2.45, 2.75) is 25.4 Å². The lowest BCUT2D eigenvalue weighted by Gasteiger charge is -2.25. The van der Waals surface area contributed by atoms with Crippen LogP contribution in [0.1, 0.15) is 30.0 Å². The Kier molecular flexibility index (Phi) is 4.90. The zero-order valence-corrected chi connectivity index (χ0v) is 17.3. The first-order valence-electron chi connectivity index (χ1n) is 9.45. The number of carbonyl (C=O) groups excluding carboxylic acids is 1. The number of rotatable bonds is 5. The summed E-state index contributed by atoms with van der Waals surface area (Å²) >= 11 is 0. The number of amides is 1. The van der Waals surface area contributed by atoms with Crippen LogP contribution >= 0.6 is 0 Å². The highest BCUT2D eigenvalue weighted by Gasteiger charge is 2.39. The van der Waals surface area contributed by atoms with Crippen molar-refractivity contribution < 1.29 is 28.5 Å². The number of methoxy groups -OCH3 is 5. The molecule has 0 unspecified atom stereocenters. The second-order valence-electron chi connectivity index (χ2n) is 7.05. The Morgan fingerprint density at radius 1 is 0.828 bits per heavy atom. The molecule has 1 saturated heterocycles. The summed E-state index contributed by atoms with van der Waals surface area (Å²) in [5, 5.41) is 0. The second-order valence-corrected chi connectivity index (χ2v) is 7.05.